The topological polar surface area (TPSA) is 12.0 Å². The number of hydrogen-bond donors (Lipinski definition) is 1. The second-order valence-electron chi connectivity index (χ2n) is 4.18. The maximum atomic E-state index is 3.57. The molecule has 0 unspecified atom stereocenters. The van der Waals surface area contributed by atoms with Crippen molar-refractivity contribution in [2.45, 2.75) is 25.7 Å². The summed E-state index contributed by atoms with van der Waals surface area (Å²) in [6.45, 7) is 2.32. The van der Waals surface area contributed by atoms with Crippen molar-refractivity contribution in [3.63, 3.8) is 0 Å². The molecule has 1 N–H and O–H groups in total. The minimum atomic E-state index is 0.873. The highest BCUT2D eigenvalue weighted by atomic mass is 32.1. The Morgan fingerprint density at radius 2 is 2.40 bits per heavy atom. The lowest BCUT2D eigenvalue weighted by molar-refractivity contribution is 0.443. The molecule has 1 nitrogen and oxygen atoms in total. The Balaban J connectivity index is 1.57. The maximum Gasteiger partial charge on any atom is 0.00578 e. The van der Waals surface area contributed by atoms with Crippen LogP contribution in [0.3, 0.4) is 0 Å². The molecule has 0 saturated heterocycles. The molecule has 0 saturated carbocycles. The Labute approximate surface area is 96.2 Å². The van der Waals surface area contributed by atoms with Crippen LogP contribution in [0.2, 0.25) is 0 Å². The Hall–Kier alpha value is -0.600. The zero-order chi connectivity index (χ0) is 10.3. The van der Waals surface area contributed by atoms with Gasteiger partial charge in [-0.3, -0.25) is 0 Å². The van der Waals surface area contributed by atoms with E-state index in [0.29, 0.717) is 0 Å². The lowest BCUT2D eigenvalue weighted by Crippen LogP contribution is -2.25. The van der Waals surface area contributed by atoms with E-state index in [1.807, 2.05) is 11.3 Å². The van der Waals surface area contributed by atoms with Crippen molar-refractivity contribution in [2.24, 2.45) is 5.92 Å². The standard InChI is InChI=1S/C13H19NS/c1-2-5-12(6-3-1)11-14-9-8-13-7-4-10-15-13/h1-2,4,7,10,12,14H,3,5-6,8-9,11H2/t12-/m1/s1. The molecule has 2 heteroatoms. The molecule has 0 amide bonds. The van der Waals surface area contributed by atoms with E-state index in [1.54, 1.807) is 0 Å². The summed E-state index contributed by atoms with van der Waals surface area (Å²) in [5, 5.41) is 5.72. The van der Waals surface area contributed by atoms with E-state index >= 15 is 0 Å². The minimum Gasteiger partial charge on any atom is -0.316 e. The summed E-state index contributed by atoms with van der Waals surface area (Å²) in [4.78, 5) is 1.49. The highest BCUT2D eigenvalue weighted by Gasteiger charge is 2.08. The predicted octanol–water partition coefficient (Wildman–Crippen LogP) is 3.24. The van der Waals surface area contributed by atoms with E-state index in [4.69, 9.17) is 0 Å². The van der Waals surface area contributed by atoms with Crippen molar-refractivity contribution in [2.75, 3.05) is 13.1 Å². The van der Waals surface area contributed by atoms with Crippen molar-refractivity contribution < 1.29 is 0 Å². The first-order valence-electron chi connectivity index (χ1n) is 5.83. The molecule has 0 spiro atoms. The van der Waals surface area contributed by atoms with Gasteiger partial charge in [0.25, 0.3) is 0 Å². The Morgan fingerprint density at radius 1 is 1.40 bits per heavy atom. The van der Waals surface area contributed by atoms with Gasteiger partial charge in [0, 0.05) is 4.88 Å². The van der Waals surface area contributed by atoms with Crippen LogP contribution in [0.5, 0.6) is 0 Å². The monoisotopic (exact) mass is 221 g/mol. The molecule has 15 heavy (non-hydrogen) atoms. The Morgan fingerprint density at radius 3 is 3.13 bits per heavy atom. The third-order valence-corrected chi connectivity index (χ3v) is 3.88. The summed E-state index contributed by atoms with van der Waals surface area (Å²) >= 11 is 1.86. The van der Waals surface area contributed by atoms with Gasteiger partial charge in [-0.05, 0) is 56.1 Å². The van der Waals surface area contributed by atoms with E-state index in [2.05, 4.69) is 35.0 Å². The zero-order valence-electron chi connectivity index (χ0n) is 9.11. The molecule has 1 aromatic heterocycles. The van der Waals surface area contributed by atoms with Crippen LogP contribution in [0.1, 0.15) is 24.1 Å². The van der Waals surface area contributed by atoms with Crippen molar-refractivity contribution in [3.05, 3.63) is 34.5 Å². The summed E-state index contributed by atoms with van der Waals surface area (Å²) in [6.07, 6.45) is 9.73. The molecule has 0 fully saturated rings. The largest absolute Gasteiger partial charge is 0.316 e. The smallest absolute Gasteiger partial charge is 0.00578 e. The SMILES string of the molecule is C1=CC[C@@H](CNCCc2cccs2)CC1. The molecular weight excluding hydrogens is 202 g/mol. The fourth-order valence-electron chi connectivity index (χ4n) is 2.01. The molecular formula is C13H19NS. The summed E-state index contributed by atoms with van der Waals surface area (Å²) in [6, 6.07) is 4.35. The van der Waals surface area contributed by atoms with E-state index in [1.165, 1.54) is 37.1 Å². The summed E-state index contributed by atoms with van der Waals surface area (Å²) in [5.41, 5.74) is 0. The first kappa shape index (κ1) is 10.9. The van der Waals surface area contributed by atoms with Crippen LogP contribution < -0.4 is 5.32 Å². The van der Waals surface area contributed by atoms with E-state index in [9.17, 15) is 0 Å². The zero-order valence-corrected chi connectivity index (χ0v) is 9.93. The van der Waals surface area contributed by atoms with Gasteiger partial charge in [-0.2, -0.15) is 0 Å². The number of thiophene rings is 1. The highest BCUT2D eigenvalue weighted by molar-refractivity contribution is 7.09. The van der Waals surface area contributed by atoms with Crippen LogP contribution in [0.25, 0.3) is 0 Å². The van der Waals surface area contributed by atoms with Crippen molar-refractivity contribution in [1.82, 2.24) is 5.32 Å². The quantitative estimate of drug-likeness (QED) is 0.594. The first-order valence-corrected chi connectivity index (χ1v) is 6.71. The summed E-state index contributed by atoms with van der Waals surface area (Å²) < 4.78 is 0. The molecule has 1 aromatic rings. The van der Waals surface area contributed by atoms with Crippen LogP contribution in [0.4, 0.5) is 0 Å². The molecule has 0 radical (unpaired) electrons. The second-order valence-corrected chi connectivity index (χ2v) is 5.22. The lowest BCUT2D eigenvalue weighted by atomic mass is 9.94. The van der Waals surface area contributed by atoms with Gasteiger partial charge in [-0.25, -0.2) is 0 Å². The van der Waals surface area contributed by atoms with Gasteiger partial charge < -0.3 is 5.32 Å². The van der Waals surface area contributed by atoms with Gasteiger partial charge in [0.15, 0.2) is 0 Å². The van der Waals surface area contributed by atoms with Crippen LogP contribution in [0.15, 0.2) is 29.7 Å². The predicted molar refractivity (Wildman–Crippen MR) is 67.4 cm³/mol. The number of allylic oxidation sites excluding steroid dienone is 2. The molecule has 1 aliphatic carbocycles. The molecule has 0 aliphatic heterocycles. The summed E-state index contributed by atoms with van der Waals surface area (Å²) in [5.74, 6) is 0.873. The van der Waals surface area contributed by atoms with Gasteiger partial charge in [0.2, 0.25) is 0 Å². The third-order valence-electron chi connectivity index (χ3n) is 2.94. The van der Waals surface area contributed by atoms with Gasteiger partial charge >= 0.3 is 0 Å². The molecule has 1 aliphatic rings. The molecule has 82 valence electrons. The number of hydrogen-bond acceptors (Lipinski definition) is 2. The second kappa shape index (κ2) is 6.09. The minimum absolute atomic E-state index is 0.873. The fourth-order valence-corrected chi connectivity index (χ4v) is 2.72. The maximum absolute atomic E-state index is 3.57. The van der Waals surface area contributed by atoms with Crippen molar-refractivity contribution in [3.8, 4) is 0 Å². The molecule has 0 bridgehead atoms. The van der Waals surface area contributed by atoms with Crippen LogP contribution >= 0.6 is 11.3 Å². The van der Waals surface area contributed by atoms with Gasteiger partial charge in [-0.1, -0.05) is 18.2 Å². The van der Waals surface area contributed by atoms with Crippen molar-refractivity contribution >= 4 is 11.3 Å². The fraction of sp³-hybridized carbons (Fsp3) is 0.538. The normalized spacial score (nSPS) is 20.7. The molecule has 0 aromatic carbocycles. The van der Waals surface area contributed by atoms with E-state index < -0.39 is 0 Å². The van der Waals surface area contributed by atoms with Crippen molar-refractivity contribution in [1.29, 1.82) is 0 Å². The molecule has 2 rings (SSSR count). The van der Waals surface area contributed by atoms with Gasteiger partial charge in [0.05, 0.1) is 0 Å². The van der Waals surface area contributed by atoms with Crippen LogP contribution in [-0.2, 0) is 6.42 Å². The first-order chi connectivity index (χ1) is 7.45. The average molecular weight is 221 g/mol. The molecule has 1 heterocycles. The van der Waals surface area contributed by atoms with Gasteiger partial charge in [-0.15, -0.1) is 11.3 Å². The van der Waals surface area contributed by atoms with Crippen LogP contribution in [0, 0.1) is 5.92 Å². The highest BCUT2D eigenvalue weighted by Crippen LogP contribution is 2.16. The lowest BCUT2D eigenvalue weighted by Gasteiger charge is -2.17. The Kier molecular flexibility index (Phi) is 4.42. The molecule has 1 atom stereocenters. The average Bonchev–Trinajstić information content (AvgIpc) is 2.79. The van der Waals surface area contributed by atoms with Gasteiger partial charge in [0.1, 0.15) is 0 Å². The van der Waals surface area contributed by atoms with Crippen LogP contribution in [-0.4, -0.2) is 13.1 Å². The number of nitrogens with one attached hydrogen (secondary N) is 1. The van der Waals surface area contributed by atoms with E-state index in [-0.39, 0.29) is 0 Å². The third kappa shape index (κ3) is 3.80. The number of rotatable bonds is 5. The Bertz CT molecular complexity index is 289. The van der Waals surface area contributed by atoms with E-state index in [0.717, 1.165) is 12.5 Å². The summed E-state index contributed by atoms with van der Waals surface area (Å²) in [7, 11) is 0.